The summed E-state index contributed by atoms with van der Waals surface area (Å²) in [6, 6.07) is 14.6. The highest BCUT2D eigenvalue weighted by molar-refractivity contribution is 5.97. The van der Waals surface area contributed by atoms with Crippen LogP contribution < -0.4 is 5.32 Å². The van der Waals surface area contributed by atoms with Crippen molar-refractivity contribution in [2.75, 3.05) is 0 Å². The predicted octanol–water partition coefficient (Wildman–Crippen LogP) is 4.22. The maximum atomic E-state index is 13.4. The summed E-state index contributed by atoms with van der Waals surface area (Å²) in [5.74, 6) is -0.230. The van der Waals surface area contributed by atoms with Gasteiger partial charge in [0.25, 0.3) is 0 Å². The molecule has 0 bridgehead atoms. The molecule has 1 amide bonds. The molecule has 4 heteroatoms. The van der Waals surface area contributed by atoms with Crippen LogP contribution in [0.4, 0.5) is 4.39 Å². The minimum absolute atomic E-state index is 0.0428. The van der Waals surface area contributed by atoms with Gasteiger partial charge >= 0.3 is 0 Å². The number of amides is 1. The van der Waals surface area contributed by atoms with Gasteiger partial charge in [-0.25, -0.2) is 4.39 Å². The largest absolute Gasteiger partial charge is 0.361 e. The van der Waals surface area contributed by atoms with Gasteiger partial charge in [-0.3, -0.25) is 4.79 Å². The second-order valence-electron chi connectivity index (χ2n) is 6.58. The van der Waals surface area contributed by atoms with Gasteiger partial charge in [-0.15, -0.1) is 0 Å². The SMILES string of the molecule is CC(NC(=O)C1(c2c[nH]c3cc(F)ccc23)CC1)c1ccccc1. The summed E-state index contributed by atoms with van der Waals surface area (Å²) in [5.41, 5.74) is 2.30. The Balaban J connectivity index is 1.61. The van der Waals surface area contributed by atoms with Gasteiger partial charge in [0, 0.05) is 17.1 Å². The van der Waals surface area contributed by atoms with Gasteiger partial charge in [0.1, 0.15) is 5.82 Å². The van der Waals surface area contributed by atoms with Crippen LogP contribution in [0.1, 0.15) is 36.9 Å². The molecule has 24 heavy (non-hydrogen) atoms. The lowest BCUT2D eigenvalue weighted by molar-refractivity contribution is -0.124. The fourth-order valence-corrected chi connectivity index (χ4v) is 3.40. The van der Waals surface area contributed by atoms with Crippen LogP contribution >= 0.6 is 0 Å². The van der Waals surface area contributed by atoms with E-state index in [9.17, 15) is 9.18 Å². The molecule has 1 atom stereocenters. The lowest BCUT2D eigenvalue weighted by Crippen LogP contribution is -2.36. The van der Waals surface area contributed by atoms with E-state index in [0.29, 0.717) is 0 Å². The third kappa shape index (κ3) is 2.39. The Morgan fingerprint density at radius 3 is 2.67 bits per heavy atom. The van der Waals surface area contributed by atoms with E-state index in [2.05, 4.69) is 10.3 Å². The summed E-state index contributed by atoms with van der Waals surface area (Å²) < 4.78 is 13.4. The molecule has 1 saturated carbocycles. The van der Waals surface area contributed by atoms with E-state index in [1.165, 1.54) is 12.1 Å². The van der Waals surface area contributed by atoms with Crippen molar-refractivity contribution < 1.29 is 9.18 Å². The molecule has 2 N–H and O–H groups in total. The molecular formula is C20H19FN2O. The molecule has 2 aromatic carbocycles. The van der Waals surface area contributed by atoms with E-state index < -0.39 is 5.41 Å². The number of hydrogen-bond donors (Lipinski definition) is 2. The molecule has 0 spiro atoms. The van der Waals surface area contributed by atoms with Crippen molar-refractivity contribution in [2.45, 2.75) is 31.2 Å². The second kappa shape index (κ2) is 5.48. The third-order valence-corrected chi connectivity index (χ3v) is 4.99. The standard InChI is InChI=1S/C20H19FN2O/c1-13(14-5-3-2-4-6-14)23-19(24)20(9-10-20)17-12-22-18-11-15(21)7-8-16(17)18/h2-8,11-13,22H,9-10H2,1H3,(H,23,24). The van der Waals surface area contributed by atoms with Gasteiger partial charge in [-0.2, -0.15) is 0 Å². The van der Waals surface area contributed by atoms with Crippen LogP contribution in [0.15, 0.2) is 54.7 Å². The molecule has 0 radical (unpaired) electrons. The number of hydrogen-bond acceptors (Lipinski definition) is 1. The minimum atomic E-state index is -0.487. The van der Waals surface area contributed by atoms with Crippen LogP contribution in [0.2, 0.25) is 0 Å². The van der Waals surface area contributed by atoms with E-state index >= 15 is 0 Å². The van der Waals surface area contributed by atoms with Gasteiger partial charge in [-0.1, -0.05) is 30.3 Å². The number of nitrogens with one attached hydrogen (secondary N) is 2. The number of aromatic amines is 1. The Morgan fingerprint density at radius 2 is 1.96 bits per heavy atom. The molecule has 3 nitrogen and oxygen atoms in total. The molecule has 1 fully saturated rings. The van der Waals surface area contributed by atoms with Gasteiger partial charge < -0.3 is 10.3 Å². The van der Waals surface area contributed by atoms with Gasteiger partial charge in [0.15, 0.2) is 0 Å². The van der Waals surface area contributed by atoms with Gasteiger partial charge in [0.2, 0.25) is 5.91 Å². The zero-order valence-electron chi connectivity index (χ0n) is 13.5. The minimum Gasteiger partial charge on any atom is -0.361 e. The zero-order valence-corrected chi connectivity index (χ0v) is 13.5. The molecule has 0 aliphatic heterocycles. The molecule has 0 saturated heterocycles. The normalized spacial score (nSPS) is 16.8. The van der Waals surface area contributed by atoms with Crippen molar-refractivity contribution in [3.63, 3.8) is 0 Å². The topological polar surface area (TPSA) is 44.9 Å². The number of aromatic nitrogens is 1. The average Bonchev–Trinajstić information content (AvgIpc) is 3.30. The van der Waals surface area contributed by atoms with Crippen molar-refractivity contribution in [1.29, 1.82) is 0 Å². The average molecular weight is 322 g/mol. The van der Waals surface area contributed by atoms with E-state index in [1.807, 2.05) is 43.5 Å². The molecule has 1 unspecified atom stereocenters. The zero-order chi connectivity index (χ0) is 16.7. The third-order valence-electron chi connectivity index (χ3n) is 4.99. The number of carbonyl (C=O) groups excluding carboxylic acids is 1. The van der Waals surface area contributed by atoms with E-state index in [1.54, 1.807) is 6.07 Å². The Labute approximate surface area is 139 Å². The van der Waals surface area contributed by atoms with Crippen LogP contribution in [0.25, 0.3) is 10.9 Å². The van der Waals surface area contributed by atoms with E-state index in [-0.39, 0.29) is 17.8 Å². The number of rotatable bonds is 4. The molecule has 4 rings (SSSR count). The monoisotopic (exact) mass is 322 g/mol. The predicted molar refractivity (Wildman–Crippen MR) is 92.2 cm³/mol. The Kier molecular flexibility index (Phi) is 3.41. The molecule has 3 aromatic rings. The highest BCUT2D eigenvalue weighted by atomic mass is 19.1. The van der Waals surface area contributed by atoms with Crippen LogP contribution in [0.3, 0.4) is 0 Å². The highest BCUT2D eigenvalue weighted by Crippen LogP contribution is 2.51. The number of carbonyl (C=O) groups is 1. The lowest BCUT2D eigenvalue weighted by atomic mass is 9.93. The second-order valence-corrected chi connectivity index (χ2v) is 6.58. The first kappa shape index (κ1) is 14.9. The first-order valence-corrected chi connectivity index (χ1v) is 8.23. The van der Waals surface area contributed by atoms with E-state index in [0.717, 1.165) is 34.9 Å². The van der Waals surface area contributed by atoms with Gasteiger partial charge in [-0.05, 0) is 49.1 Å². The maximum Gasteiger partial charge on any atom is 0.231 e. The van der Waals surface area contributed by atoms with Crippen LogP contribution in [-0.4, -0.2) is 10.9 Å². The number of fused-ring (bicyclic) bond motifs is 1. The van der Waals surface area contributed by atoms with E-state index in [4.69, 9.17) is 0 Å². The summed E-state index contributed by atoms with van der Waals surface area (Å²) in [4.78, 5) is 16.0. The van der Waals surface area contributed by atoms with Crippen molar-refractivity contribution >= 4 is 16.8 Å². The fraction of sp³-hybridized carbons (Fsp3) is 0.250. The molecule has 122 valence electrons. The Morgan fingerprint density at radius 1 is 1.21 bits per heavy atom. The van der Waals surface area contributed by atoms with Crippen molar-refractivity contribution in [3.8, 4) is 0 Å². The summed E-state index contributed by atoms with van der Waals surface area (Å²) in [6.45, 7) is 1.99. The number of H-pyrrole nitrogens is 1. The van der Waals surface area contributed by atoms with Crippen LogP contribution in [0, 0.1) is 5.82 Å². The summed E-state index contributed by atoms with van der Waals surface area (Å²) in [5, 5.41) is 4.06. The molecule has 1 aliphatic rings. The van der Waals surface area contributed by atoms with Crippen LogP contribution in [0.5, 0.6) is 0 Å². The summed E-state index contributed by atoms with van der Waals surface area (Å²) in [6.07, 6.45) is 3.50. The summed E-state index contributed by atoms with van der Waals surface area (Å²) >= 11 is 0. The van der Waals surface area contributed by atoms with Gasteiger partial charge in [0.05, 0.1) is 11.5 Å². The first-order chi connectivity index (χ1) is 11.6. The summed E-state index contributed by atoms with van der Waals surface area (Å²) in [7, 11) is 0. The first-order valence-electron chi connectivity index (χ1n) is 8.23. The Bertz CT molecular complexity index is 896. The maximum absolute atomic E-state index is 13.4. The van der Waals surface area contributed by atoms with Crippen LogP contribution in [-0.2, 0) is 10.2 Å². The van der Waals surface area contributed by atoms with Crippen molar-refractivity contribution in [2.24, 2.45) is 0 Å². The van der Waals surface area contributed by atoms with Crippen molar-refractivity contribution in [1.82, 2.24) is 10.3 Å². The Hall–Kier alpha value is -2.62. The molecule has 1 heterocycles. The molecular weight excluding hydrogens is 303 g/mol. The number of benzene rings is 2. The van der Waals surface area contributed by atoms with Crippen molar-refractivity contribution in [3.05, 3.63) is 71.7 Å². The highest BCUT2D eigenvalue weighted by Gasteiger charge is 2.52. The number of halogens is 1. The lowest BCUT2D eigenvalue weighted by Gasteiger charge is -2.20. The fourth-order valence-electron chi connectivity index (χ4n) is 3.40. The smallest absolute Gasteiger partial charge is 0.231 e. The quantitative estimate of drug-likeness (QED) is 0.742. The molecule has 1 aromatic heterocycles. The molecule has 1 aliphatic carbocycles.